The largest absolute Gasteiger partial charge is 0.416 e. The molecule has 0 saturated carbocycles. The highest BCUT2D eigenvalue weighted by molar-refractivity contribution is 7.89. The number of pyridine rings is 1. The molecule has 0 radical (unpaired) electrons. The maximum absolute atomic E-state index is 13.0. The number of nitrogens with zero attached hydrogens (tertiary/aromatic N) is 4. The zero-order valence-corrected chi connectivity index (χ0v) is 20.1. The van der Waals surface area contributed by atoms with E-state index < -0.39 is 21.7 Å². The summed E-state index contributed by atoms with van der Waals surface area (Å²) in [6.45, 7) is 0.760. The number of carbonyl (C=O) groups excluding carboxylic acids is 1. The first-order valence-corrected chi connectivity index (χ1v) is 12.4. The van der Waals surface area contributed by atoms with Crippen molar-refractivity contribution in [2.45, 2.75) is 36.3 Å². The van der Waals surface area contributed by atoms with Gasteiger partial charge >= 0.3 is 6.09 Å². The second-order valence-electron chi connectivity index (χ2n) is 8.00. The number of sulfonamides is 1. The molecule has 1 saturated heterocycles. The lowest BCUT2D eigenvalue weighted by Gasteiger charge is -2.36. The van der Waals surface area contributed by atoms with Gasteiger partial charge in [0, 0.05) is 50.4 Å². The van der Waals surface area contributed by atoms with E-state index in [2.05, 4.69) is 10.1 Å². The first-order valence-electron chi connectivity index (χ1n) is 10.2. The van der Waals surface area contributed by atoms with Gasteiger partial charge in [0.15, 0.2) is 0 Å². The number of piperidine rings is 1. The predicted molar refractivity (Wildman–Crippen MR) is 123 cm³/mol. The van der Waals surface area contributed by atoms with E-state index in [1.165, 1.54) is 27.4 Å². The lowest BCUT2D eigenvalue weighted by atomic mass is 9.89. The van der Waals surface area contributed by atoms with Crippen LogP contribution in [0.5, 0.6) is 0 Å². The Hall–Kier alpha value is -2.40. The quantitative estimate of drug-likeness (QED) is 0.615. The molecule has 2 aromatic rings. The molecule has 0 N–H and O–H groups in total. The molecule has 176 valence electrons. The van der Waals surface area contributed by atoms with Crippen LogP contribution in [0, 0.1) is 0 Å². The van der Waals surface area contributed by atoms with Crippen LogP contribution < -0.4 is 0 Å². The van der Waals surface area contributed by atoms with Gasteiger partial charge in [0.2, 0.25) is 15.9 Å². The Kier molecular flexibility index (Phi) is 6.81. The van der Waals surface area contributed by atoms with E-state index in [-0.39, 0.29) is 35.3 Å². The van der Waals surface area contributed by atoms with Gasteiger partial charge in [0.05, 0.1) is 18.0 Å². The van der Waals surface area contributed by atoms with E-state index in [1.54, 1.807) is 25.5 Å². The van der Waals surface area contributed by atoms with Gasteiger partial charge in [-0.1, -0.05) is 34.4 Å². The minimum Gasteiger partial charge on any atom is -0.392 e. The SMILES string of the molecule is CN(Cc1cccnc1)C(=O)OC1=NOC2(CCN(S(=O)(=O)c3cc(Cl)ccc3Cl)CC2)C1. The van der Waals surface area contributed by atoms with Crippen LogP contribution >= 0.6 is 23.2 Å². The smallest absolute Gasteiger partial charge is 0.392 e. The fourth-order valence-corrected chi connectivity index (χ4v) is 5.95. The Bertz CT molecular complexity index is 1170. The Morgan fingerprint density at radius 2 is 2.03 bits per heavy atom. The van der Waals surface area contributed by atoms with Crippen LogP contribution in [0.2, 0.25) is 10.0 Å². The van der Waals surface area contributed by atoms with Crippen molar-refractivity contribution in [3.63, 3.8) is 0 Å². The summed E-state index contributed by atoms with van der Waals surface area (Å²) >= 11 is 12.1. The van der Waals surface area contributed by atoms with Gasteiger partial charge < -0.3 is 14.5 Å². The molecule has 1 amide bonds. The average molecular weight is 513 g/mol. The number of hydrogen-bond acceptors (Lipinski definition) is 7. The Morgan fingerprint density at radius 1 is 1.27 bits per heavy atom. The number of ether oxygens (including phenoxy) is 1. The minimum atomic E-state index is -3.81. The Morgan fingerprint density at radius 3 is 2.73 bits per heavy atom. The van der Waals surface area contributed by atoms with Gasteiger partial charge in [-0.25, -0.2) is 13.2 Å². The second-order valence-corrected chi connectivity index (χ2v) is 10.8. The molecule has 12 heteroatoms. The van der Waals surface area contributed by atoms with Crippen LogP contribution in [0.1, 0.15) is 24.8 Å². The summed E-state index contributed by atoms with van der Waals surface area (Å²) in [4.78, 5) is 23.4. The van der Waals surface area contributed by atoms with E-state index in [4.69, 9.17) is 32.8 Å². The molecule has 1 aromatic carbocycles. The van der Waals surface area contributed by atoms with E-state index in [9.17, 15) is 13.2 Å². The van der Waals surface area contributed by atoms with Gasteiger partial charge in [0.1, 0.15) is 10.5 Å². The summed E-state index contributed by atoms with van der Waals surface area (Å²) in [6.07, 6.45) is 3.83. The molecule has 4 rings (SSSR count). The third-order valence-corrected chi connectivity index (χ3v) is 8.23. The van der Waals surface area contributed by atoms with Crippen molar-refractivity contribution in [2.24, 2.45) is 5.16 Å². The molecular weight excluding hydrogens is 491 g/mol. The van der Waals surface area contributed by atoms with Crippen LogP contribution in [0.3, 0.4) is 0 Å². The van der Waals surface area contributed by atoms with Crippen molar-refractivity contribution in [2.75, 3.05) is 20.1 Å². The minimum absolute atomic E-state index is 0.0255. The standard InChI is InChI=1S/C21H22Cl2N4O5S/c1-26(14-15-3-2-8-24-13-15)20(28)31-19-12-21(32-25-19)6-9-27(10-7-21)33(29,30)18-11-16(22)4-5-17(18)23/h2-5,8,11,13H,6-7,9-10,12,14H2,1H3. The van der Waals surface area contributed by atoms with Crippen molar-refractivity contribution in [3.05, 3.63) is 58.3 Å². The summed E-state index contributed by atoms with van der Waals surface area (Å²) in [6, 6.07) is 8.00. The normalized spacial score (nSPS) is 18.0. The van der Waals surface area contributed by atoms with E-state index in [0.29, 0.717) is 24.4 Å². The maximum atomic E-state index is 13.0. The average Bonchev–Trinajstić information content (AvgIpc) is 3.18. The lowest BCUT2D eigenvalue weighted by molar-refractivity contribution is -0.0506. The van der Waals surface area contributed by atoms with Crippen molar-refractivity contribution in [1.29, 1.82) is 0 Å². The molecule has 33 heavy (non-hydrogen) atoms. The van der Waals surface area contributed by atoms with Gasteiger partial charge in [-0.05, 0) is 29.8 Å². The summed E-state index contributed by atoms with van der Waals surface area (Å²) in [5.41, 5.74) is 0.160. The number of amides is 1. The monoisotopic (exact) mass is 512 g/mol. The van der Waals surface area contributed by atoms with Crippen LogP contribution in [0.15, 0.2) is 52.8 Å². The zero-order chi connectivity index (χ0) is 23.6. The predicted octanol–water partition coefficient (Wildman–Crippen LogP) is 3.91. The van der Waals surface area contributed by atoms with Crippen LogP contribution in [0.25, 0.3) is 0 Å². The van der Waals surface area contributed by atoms with Gasteiger partial charge in [-0.15, -0.1) is 0 Å². The highest BCUT2D eigenvalue weighted by atomic mass is 35.5. The summed E-state index contributed by atoms with van der Waals surface area (Å²) in [5.74, 6) is 0.173. The number of rotatable bonds is 4. The van der Waals surface area contributed by atoms with Crippen molar-refractivity contribution >= 4 is 45.2 Å². The first-order chi connectivity index (χ1) is 15.7. The van der Waals surface area contributed by atoms with Gasteiger partial charge in [-0.3, -0.25) is 4.98 Å². The maximum Gasteiger partial charge on any atom is 0.416 e. The first kappa shape index (κ1) is 23.7. The van der Waals surface area contributed by atoms with Gasteiger partial charge in [0.25, 0.3) is 0 Å². The van der Waals surface area contributed by atoms with E-state index in [0.717, 1.165) is 5.56 Å². The molecule has 0 unspecified atom stereocenters. The molecular formula is C21H22Cl2N4O5S. The fourth-order valence-electron chi connectivity index (χ4n) is 3.77. The van der Waals surface area contributed by atoms with Crippen LogP contribution in [-0.2, 0) is 26.1 Å². The van der Waals surface area contributed by atoms with Crippen molar-refractivity contribution in [3.8, 4) is 0 Å². The summed E-state index contributed by atoms with van der Waals surface area (Å²) in [7, 11) is -2.19. The molecule has 3 heterocycles. The Labute approximate surface area is 201 Å². The zero-order valence-electron chi connectivity index (χ0n) is 17.8. The lowest BCUT2D eigenvalue weighted by Crippen LogP contribution is -2.47. The molecule has 1 fully saturated rings. The Balaban J connectivity index is 1.33. The topological polar surface area (TPSA) is 101 Å². The molecule has 0 bridgehead atoms. The number of carbonyl (C=O) groups is 1. The highest BCUT2D eigenvalue weighted by Crippen LogP contribution is 2.37. The molecule has 9 nitrogen and oxygen atoms in total. The molecule has 2 aliphatic rings. The molecule has 1 spiro atoms. The van der Waals surface area contributed by atoms with Gasteiger partial charge in [-0.2, -0.15) is 4.31 Å². The molecule has 1 aromatic heterocycles. The second kappa shape index (κ2) is 9.46. The third-order valence-electron chi connectivity index (χ3n) is 5.62. The van der Waals surface area contributed by atoms with Crippen LogP contribution in [-0.4, -0.2) is 60.3 Å². The summed E-state index contributed by atoms with van der Waals surface area (Å²) < 4.78 is 32.8. The molecule has 2 aliphatic heterocycles. The number of hydrogen-bond donors (Lipinski definition) is 0. The van der Waals surface area contributed by atoms with Crippen molar-refractivity contribution < 1.29 is 22.8 Å². The summed E-state index contributed by atoms with van der Waals surface area (Å²) in [5, 5.41) is 4.35. The van der Waals surface area contributed by atoms with E-state index in [1.807, 2.05) is 6.07 Å². The molecule has 0 atom stereocenters. The molecule has 0 aliphatic carbocycles. The number of halogens is 2. The number of benzene rings is 1. The highest BCUT2D eigenvalue weighted by Gasteiger charge is 2.46. The third kappa shape index (κ3) is 5.24. The number of aromatic nitrogens is 1. The van der Waals surface area contributed by atoms with Crippen LogP contribution in [0.4, 0.5) is 4.79 Å². The number of oxime groups is 1. The van der Waals surface area contributed by atoms with Crippen molar-refractivity contribution in [1.82, 2.24) is 14.2 Å². The van der Waals surface area contributed by atoms with E-state index >= 15 is 0 Å². The fraction of sp³-hybridized carbons (Fsp3) is 0.381.